The van der Waals surface area contributed by atoms with Gasteiger partial charge in [-0.2, -0.15) is 5.26 Å². The quantitative estimate of drug-likeness (QED) is 0.809. The minimum atomic E-state index is -0.268. The molecule has 2 rings (SSSR count). The van der Waals surface area contributed by atoms with Gasteiger partial charge in [0.05, 0.1) is 24.3 Å². The number of nitrogens with one attached hydrogen (secondary N) is 2. The summed E-state index contributed by atoms with van der Waals surface area (Å²) in [6.45, 7) is 1.25. The molecule has 1 fully saturated rings. The highest BCUT2D eigenvalue weighted by Crippen LogP contribution is 2.10. The van der Waals surface area contributed by atoms with Crippen molar-refractivity contribution in [1.29, 1.82) is 5.26 Å². The summed E-state index contributed by atoms with van der Waals surface area (Å²) in [4.78, 5) is 11.6. The molecule has 1 heterocycles. The van der Waals surface area contributed by atoms with Gasteiger partial charge in [-0.05, 0) is 24.6 Å². The topological polar surface area (TPSA) is 74.2 Å². The van der Waals surface area contributed by atoms with E-state index in [-0.39, 0.29) is 12.1 Å². The molecule has 0 bridgehead atoms. The Bertz CT molecular complexity index is 447. The summed E-state index contributed by atoms with van der Waals surface area (Å²) in [6.07, 6.45) is 0.839. The van der Waals surface area contributed by atoms with Crippen LogP contribution in [-0.2, 0) is 4.74 Å². The zero-order chi connectivity index (χ0) is 12.1. The van der Waals surface area contributed by atoms with E-state index >= 15 is 0 Å². The van der Waals surface area contributed by atoms with Crippen molar-refractivity contribution in [2.75, 3.05) is 18.5 Å². The number of anilines is 1. The molecular weight excluding hydrogens is 218 g/mol. The lowest BCUT2D eigenvalue weighted by Crippen LogP contribution is -2.38. The van der Waals surface area contributed by atoms with Crippen molar-refractivity contribution >= 4 is 11.7 Å². The first-order valence-corrected chi connectivity index (χ1v) is 5.43. The summed E-state index contributed by atoms with van der Waals surface area (Å²) in [5, 5.41) is 14.2. The molecule has 2 N–H and O–H groups in total. The van der Waals surface area contributed by atoms with Crippen LogP contribution >= 0.6 is 0 Å². The van der Waals surface area contributed by atoms with E-state index in [2.05, 4.69) is 10.6 Å². The van der Waals surface area contributed by atoms with Crippen molar-refractivity contribution in [2.45, 2.75) is 12.5 Å². The molecule has 1 aliphatic heterocycles. The number of carbonyl (C=O) groups is 1. The van der Waals surface area contributed by atoms with Crippen LogP contribution in [0.2, 0.25) is 0 Å². The van der Waals surface area contributed by atoms with E-state index in [4.69, 9.17) is 10.00 Å². The maximum atomic E-state index is 11.6. The van der Waals surface area contributed by atoms with Gasteiger partial charge in [0.2, 0.25) is 0 Å². The Labute approximate surface area is 99.4 Å². The number of nitrogens with zero attached hydrogens (tertiary/aromatic N) is 1. The van der Waals surface area contributed by atoms with Crippen molar-refractivity contribution in [3.8, 4) is 6.07 Å². The third-order valence-electron chi connectivity index (χ3n) is 2.51. The third-order valence-corrected chi connectivity index (χ3v) is 2.51. The van der Waals surface area contributed by atoms with Crippen LogP contribution in [0.25, 0.3) is 0 Å². The van der Waals surface area contributed by atoms with Crippen LogP contribution in [0.4, 0.5) is 10.5 Å². The van der Waals surface area contributed by atoms with Gasteiger partial charge in [0.15, 0.2) is 0 Å². The average Bonchev–Trinajstić information content (AvgIpc) is 2.82. The highest BCUT2D eigenvalue weighted by atomic mass is 16.5. The van der Waals surface area contributed by atoms with Gasteiger partial charge in [0.1, 0.15) is 0 Å². The summed E-state index contributed by atoms with van der Waals surface area (Å²) in [6, 6.07) is 8.62. The molecule has 1 aromatic carbocycles. The highest BCUT2D eigenvalue weighted by molar-refractivity contribution is 5.89. The van der Waals surface area contributed by atoms with E-state index in [1.807, 2.05) is 6.07 Å². The van der Waals surface area contributed by atoms with Crippen LogP contribution in [0.5, 0.6) is 0 Å². The molecule has 1 atom stereocenters. The predicted octanol–water partition coefficient (Wildman–Crippen LogP) is 1.47. The molecule has 0 aromatic heterocycles. The van der Waals surface area contributed by atoms with Crippen LogP contribution in [0, 0.1) is 11.3 Å². The van der Waals surface area contributed by atoms with Gasteiger partial charge in [-0.1, -0.05) is 6.07 Å². The number of ether oxygens (including phenoxy) is 1. The normalized spacial score (nSPS) is 18.4. The number of benzene rings is 1. The summed E-state index contributed by atoms with van der Waals surface area (Å²) >= 11 is 0. The molecule has 0 aliphatic carbocycles. The monoisotopic (exact) mass is 231 g/mol. The van der Waals surface area contributed by atoms with Gasteiger partial charge in [0, 0.05) is 12.3 Å². The molecule has 5 heteroatoms. The Morgan fingerprint density at radius 1 is 1.53 bits per heavy atom. The second-order valence-electron chi connectivity index (χ2n) is 3.85. The zero-order valence-electron chi connectivity index (χ0n) is 9.27. The lowest BCUT2D eigenvalue weighted by molar-refractivity contribution is 0.189. The van der Waals surface area contributed by atoms with Gasteiger partial charge in [-0.15, -0.1) is 0 Å². The highest BCUT2D eigenvalue weighted by Gasteiger charge is 2.17. The van der Waals surface area contributed by atoms with Crippen LogP contribution in [0.1, 0.15) is 12.0 Å². The molecule has 1 saturated heterocycles. The maximum Gasteiger partial charge on any atom is 0.319 e. The molecule has 0 spiro atoms. The van der Waals surface area contributed by atoms with E-state index in [9.17, 15) is 4.79 Å². The molecular formula is C12H13N3O2. The fourth-order valence-corrected chi connectivity index (χ4v) is 1.67. The number of urea groups is 1. The lowest BCUT2D eigenvalue weighted by Gasteiger charge is -2.11. The van der Waals surface area contributed by atoms with Gasteiger partial charge >= 0.3 is 6.03 Å². The van der Waals surface area contributed by atoms with E-state index in [0.717, 1.165) is 6.42 Å². The number of carbonyl (C=O) groups excluding carboxylic acids is 1. The van der Waals surface area contributed by atoms with Crippen molar-refractivity contribution in [2.24, 2.45) is 0 Å². The number of amides is 2. The van der Waals surface area contributed by atoms with Crippen molar-refractivity contribution < 1.29 is 9.53 Å². The first kappa shape index (κ1) is 11.4. The van der Waals surface area contributed by atoms with Crippen molar-refractivity contribution in [3.63, 3.8) is 0 Å². The van der Waals surface area contributed by atoms with Crippen molar-refractivity contribution in [1.82, 2.24) is 5.32 Å². The third kappa shape index (κ3) is 3.20. The second kappa shape index (κ2) is 5.32. The van der Waals surface area contributed by atoms with Crippen molar-refractivity contribution in [3.05, 3.63) is 29.8 Å². The maximum absolute atomic E-state index is 11.6. The molecule has 17 heavy (non-hydrogen) atoms. The number of rotatable bonds is 2. The Kier molecular flexibility index (Phi) is 3.58. The fraction of sp³-hybridized carbons (Fsp3) is 0.333. The second-order valence-corrected chi connectivity index (χ2v) is 3.85. The molecule has 0 saturated carbocycles. The predicted molar refractivity (Wildman–Crippen MR) is 62.5 cm³/mol. The van der Waals surface area contributed by atoms with Crippen LogP contribution in [0.15, 0.2) is 24.3 Å². The zero-order valence-corrected chi connectivity index (χ0v) is 9.27. The van der Waals surface area contributed by atoms with Crippen LogP contribution in [-0.4, -0.2) is 25.3 Å². The minimum Gasteiger partial charge on any atom is -0.379 e. The Morgan fingerprint density at radius 2 is 2.41 bits per heavy atom. The molecule has 5 nitrogen and oxygen atoms in total. The number of nitriles is 1. The lowest BCUT2D eigenvalue weighted by atomic mass is 10.2. The van der Waals surface area contributed by atoms with Gasteiger partial charge in [-0.3, -0.25) is 0 Å². The summed E-state index contributed by atoms with van der Waals surface area (Å²) in [5.74, 6) is 0. The molecule has 88 valence electrons. The average molecular weight is 231 g/mol. The van der Waals surface area contributed by atoms with Gasteiger partial charge in [0.25, 0.3) is 0 Å². The van der Waals surface area contributed by atoms with Crippen LogP contribution in [0.3, 0.4) is 0 Å². The molecule has 1 aliphatic rings. The molecule has 1 aromatic rings. The first-order valence-electron chi connectivity index (χ1n) is 5.43. The summed E-state index contributed by atoms with van der Waals surface area (Å²) in [5.41, 5.74) is 1.13. The number of hydrogen-bond acceptors (Lipinski definition) is 3. The van der Waals surface area contributed by atoms with Gasteiger partial charge in [-0.25, -0.2) is 4.79 Å². The summed E-state index contributed by atoms with van der Waals surface area (Å²) in [7, 11) is 0. The van der Waals surface area contributed by atoms with E-state index in [1.54, 1.807) is 24.3 Å². The number of hydrogen-bond donors (Lipinski definition) is 2. The Balaban J connectivity index is 1.91. The van der Waals surface area contributed by atoms with E-state index in [0.29, 0.717) is 24.5 Å². The smallest absolute Gasteiger partial charge is 0.319 e. The Hall–Kier alpha value is -2.06. The largest absolute Gasteiger partial charge is 0.379 e. The summed E-state index contributed by atoms with van der Waals surface area (Å²) < 4.78 is 5.16. The Morgan fingerprint density at radius 3 is 3.12 bits per heavy atom. The molecule has 0 radical (unpaired) electrons. The van der Waals surface area contributed by atoms with E-state index in [1.165, 1.54) is 0 Å². The first-order chi connectivity index (χ1) is 8.28. The van der Waals surface area contributed by atoms with E-state index < -0.39 is 0 Å². The molecule has 1 unspecified atom stereocenters. The minimum absolute atomic E-state index is 0.0779. The fourth-order valence-electron chi connectivity index (χ4n) is 1.67. The standard InChI is InChI=1S/C12H13N3O2/c13-7-9-2-1-3-10(6-9)14-12(16)15-11-4-5-17-8-11/h1-3,6,11H,4-5,8H2,(H2,14,15,16). The van der Waals surface area contributed by atoms with Gasteiger partial charge < -0.3 is 15.4 Å². The molecule has 2 amide bonds. The SMILES string of the molecule is N#Cc1cccc(NC(=O)NC2CCOC2)c1. The van der Waals surface area contributed by atoms with Crippen LogP contribution < -0.4 is 10.6 Å².